The van der Waals surface area contributed by atoms with Gasteiger partial charge in [-0.1, -0.05) is 6.92 Å². The monoisotopic (exact) mass is 318 g/mol. The van der Waals surface area contributed by atoms with Gasteiger partial charge in [0, 0.05) is 25.1 Å². The molecule has 0 atom stereocenters. The maximum absolute atomic E-state index is 12.1. The maximum Gasteiger partial charge on any atom is 0.251 e. The van der Waals surface area contributed by atoms with Crippen LogP contribution in [0.3, 0.4) is 0 Å². The summed E-state index contributed by atoms with van der Waals surface area (Å²) in [6, 6.07) is 5.34. The molecule has 1 aromatic carbocycles. The fourth-order valence-corrected chi connectivity index (χ4v) is 1.92. The molecule has 126 valence electrons. The lowest BCUT2D eigenvalue weighted by atomic mass is 10.1. The second-order valence-corrected chi connectivity index (χ2v) is 5.66. The minimum atomic E-state index is -0.0958. The van der Waals surface area contributed by atoms with Crippen molar-refractivity contribution in [3.05, 3.63) is 29.3 Å². The van der Waals surface area contributed by atoms with E-state index in [9.17, 15) is 9.59 Å². The molecule has 0 aromatic heterocycles. The number of hydrogen-bond acceptors (Lipinski definition) is 4. The smallest absolute Gasteiger partial charge is 0.251 e. The van der Waals surface area contributed by atoms with Crippen molar-refractivity contribution in [2.75, 3.05) is 27.2 Å². The molecule has 2 amide bonds. The summed E-state index contributed by atoms with van der Waals surface area (Å²) in [5, 5.41) is 5.59. The van der Waals surface area contributed by atoms with Crippen LogP contribution in [0.15, 0.2) is 23.2 Å². The van der Waals surface area contributed by atoms with Gasteiger partial charge in [0.25, 0.3) is 5.91 Å². The van der Waals surface area contributed by atoms with Crippen molar-refractivity contribution in [1.29, 1.82) is 0 Å². The van der Waals surface area contributed by atoms with E-state index < -0.39 is 0 Å². The summed E-state index contributed by atoms with van der Waals surface area (Å²) in [4.78, 5) is 29.8. The Kier molecular flexibility index (Phi) is 7.41. The first-order valence-electron chi connectivity index (χ1n) is 7.72. The maximum atomic E-state index is 12.1. The Morgan fingerprint density at radius 3 is 2.52 bits per heavy atom. The van der Waals surface area contributed by atoms with Gasteiger partial charge >= 0.3 is 0 Å². The van der Waals surface area contributed by atoms with Gasteiger partial charge in [-0.15, -0.1) is 0 Å². The molecular formula is C17H26N4O2. The van der Waals surface area contributed by atoms with Crippen LogP contribution in [-0.4, -0.2) is 49.7 Å². The molecule has 0 saturated heterocycles. The number of nitrogens with zero attached hydrogens (tertiary/aromatic N) is 2. The molecule has 2 N–H and O–H groups in total. The summed E-state index contributed by atoms with van der Waals surface area (Å²) in [5.74, 6) is 0.380. The topological polar surface area (TPSA) is 73.8 Å². The fraction of sp³-hybridized carbons (Fsp3) is 0.471. The Hall–Kier alpha value is -2.21. The van der Waals surface area contributed by atoms with Gasteiger partial charge in [-0.25, -0.2) is 4.99 Å². The molecule has 1 rings (SSSR count). The molecule has 1 aromatic rings. The van der Waals surface area contributed by atoms with Crippen molar-refractivity contribution in [2.24, 2.45) is 4.99 Å². The van der Waals surface area contributed by atoms with Crippen LogP contribution >= 0.6 is 0 Å². The summed E-state index contributed by atoms with van der Waals surface area (Å²) >= 11 is 0. The predicted molar refractivity (Wildman–Crippen MR) is 93.3 cm³/mol. The lowest BCUT2D eigenvalue weighted by Crippen LogP contribution is -2.31. The number of amides is 2. The van der Waals surface area contributed by atoms with E-state index in [0.29, 0.717) is 24.4 Å². The highest BCUT2D eigenvalue weighted by atomic mass is 16.2. The molecule has 0 fully saturated rings. The van der Waals surface area contributed by atoms with E-state index in [0.717, 1.165) is 17.8 Å². The predicted octanol–water partition coefficient (Wildman–Crippen LogP) is 1.86. The highest BCUT2D eigenvalue weighted by Gasteiger charge is 2.08. The second kappa shape index (κ2) is 9.05. The second-order valence-electron chi connectivity index (χ2n) is 5.66. The highest BCUT2D eigenvalue weighted by Crippen LogP contribution is 2.20. The van der Waals surface area contributed by atoms with E-state index in [1.165, 1.54) is 0 Å². The summed E-state index contributed by atoms with van der Waals surface area (Å²) in [6.07, 6.45) is 0.415. The van der Waals surface area contributed by atoms with Crippen LogP contribution < -0.4 is 10.6 Å². The van der Waals surface area contributed by atoms with Crippen LogP contribution in [0.25, 0.3) is 0 Å². The van der Waals surface area contributed by atoms with Crippen LogP contribution in [0.1, 0.15) is 36.2 Å². The molecule has 0 radical (unpaired) electrons. The number of rotatable bonds is 6. The molecule has 0 unspecified atom stereocenters. The van der Waals surface area contributed by atoms with Gasteiger partial charge in [0.05, 0.1) is 5.69 Å². The Labute approximate surface area is 138 Å². The van der Waals surface area contributed by atoms with E-state index in [1.54, 1.807) is 32.0 Å². The third-order valence-corrected chi connectivity index (χ3v) is 3.23. The number of carbonyl (C=O) groups is 2. The quantitative estimate of drug-likeness (QED) is 0.621. The average molecular weight is 318 g/mol. The molecule has 0 heterocycles. The zero-order chi connectivity index (χ0) is 17.4. The van der Waals surface area contributed by atoms with Crippen molar-refractivity contribution in [2.45, 2.75) is 27.2 Å². The minimum absolute atomic E-state index is 0.0687. The van der Waals surface area contributed by atoms with Gasteiger partial charge in [-0.2, -0.15) is 0 Å². The SMILES string of the molecule is CCC(=O)NC(C)=Nc1ccc(C(=O)NCCN(C)C)cc1C. The number of hydrogen-bond donors (Lipinski definition) is 2. The number of amidine groups is 1. The van der Waals surface area contributed by atoms with Gasteiger partial charge in [0.15, 0.2) is 0 Å². The van der Waals surface area contributed by atoms with Gasteiger partial charge in [-0.05, 0) is 51.7 Å². The molecular weight excluding hydrogens is 292 g/mol. The standard InChI is InChI=1S/C17H26N4O2/c1-6-16(22)20-13(3)19-15-8-7-14(11-12(15)2)17(23)18-9-10-21(4)5/h7-8,11H,6,9-10H2,1-5H3,(H,18,23)(H,19,20,22). The Morgan fingerprint density at radius 2 is 1.96 bits per heavy atom. The number of aryl methyl sites for hydroxylation is 1. The fourth-order valence-electron chi connectivity index (χ4n) is 1.92. The van der Waals surface area contributed by atoms with Crippen LogP contribution in [-0.2, 0) is 4.79 Å². The lowest BCUT2D eigenvalue weighted by Gasteiger charge is -2.11. The highest BCUT2D eigenvalue weighted by molar-refractivity contribution is 5.98. The molecule has 6 heteroatoms. The van der Waals surface area contributed by atoms with Crippen LogP contribution in [0.4, 0.5) is 5.69 Å². The molecule has 0 aliphatic carbocycles. The van der Waals surface area contributed by atoms with Crippen molar-refractivity contribution >= 4 is 23.3 Å². The minimum Gasteiger partial charge on any atom is -0.351 e. The Balaban J connectivity index is 2.76. The van der Waals surface area contributed by atoms with Gasteiger partial charge in [-0.3, -0.25) is 9.59 Å². The number of likely N-dealkylation sites (N-methyl/N-ethyl adjacent to an activating group) is 1. The van der Waals surface area contributed by atoms with Crippen LogP contribution in [0, 0.1) is 6.92 Å². The van der Waals surface area contributed by atoms with Crippen LogP contribution in [0.5, 0.6) is 0 Å². The van der Waals surface area contributed by atoms with Crippen molar-refractivity contribution in [3.63, 3.8) is 0 Å². The van der Waals surface area contributed by atoms with E-state index in [-0.39, 0.29) is 11.8 Å². The molecule has 6 nitrogen and oxygen atoms in total. The largest absolute Gasteiger partial charge is 0.351 e. The number of nitrogens with one attached hydrogen (secondary N) is 2. The van der Waals surface area contributed by atoms with Gasteiger partial charge in [0.2, 0.25) is 5.91 Å². The van der Waals surface area contributed by atoms with E-state index in [1.807, 2.05) is 25.9 Å². The summed E-state index contributed by atoms with van der Waals surface area (Å²) in [6.45, 7) is 6.83. The van der Waals surface area contributed by atoms with Crippen molar-refractivity contribution < 1.29 is 9.59 Å². The zero-order valence-corrected chi connectivity index (χ0v) is 14.6. The van der Waals surface area contributed by atoms with Gasteiger partial charge < -0.3 is 15.5 Å². The summed E-state index contributed by atoms with van der Waals surface area (Å²) in [5.41, 5.74) is 2.23. The van der Waals surface area contributed by atoms with Crippen molar-refractivity contribution in [1.82, 2.24) is 15.5 Å². The first kappa shape index (κ1) is 18.8. The van der Waals surface area contributed by atoms with E-state index in [4.69, 9.17) is 0 Å². The third-order valence-electron chi connectivity index (χ3n) is 3.23. The van der Waals surface area contributed by atoms with Crippen molar-refractivity contribution in [3.8, 4) is 0 Å². The van der Waals surface area contributed by atoms with E-state index in [2.05, 4.69) is 15.6 Å². The number of carbonyl (C=O) groups excluding carboxylic acids is 2. The molecule has 0 saturated carbocycles. The molecule has 0 bridgehead atoms. The van der Waals surface area contributed by atoms with Gasteiger partial charge in [0.1, 0.15) is 5.84 Å². The summed E-state index contributed by atoms with van der Waals surface area (Å²) < 4.78 is 0. The van der Waals surface area contributed by atoms with E-state index >= 15 is 0 Å². The Morgan fingerprint density at radius 1 is 1.26 bits per heavy atom. The molecule has 0 aliphatic heterocycles. The average Bonchev–Trinajstić information content (AvgIpc) is 2.48. The zero-order valence-electron chi connectivity index (χ0n) is 14.6. The summed E-state index contributed by atoms with van der Waals surface area (Å²) in [7, 11) is 3.92. The molecule has 0 spiro atoms. The Bertz CT molecular complexity index is 594. The number of aliphatic imine (C=N–C) groups is 1. The van der Waals surface area contributed by atoms with Crippen LogP contribution in [0.2, 0.25) is 0 Å². The normalized spacial score (nSPS) is 11.5. The third kappa shape index (κ3) is 6.61. The number of benzene rings is 1. The first-order valence-corrected chi connectivity index (χ1v) is 7.72. The lowest BCUT2D eigenvalue weighted by molar-refractivity contribution is -0.119. The molecule has 23 heavy (non-hydrogen) atoms. The molecule has 0 aliphatic rings. The first-order chi connectivity index (χ1) is 10.8.